The van der Waals surface area contributed by atoms with Crippen molar-refractivity contribution in [2.45, 2.75) is 31.2 Å². The maximum Gasteiger partial charge on any atom is 0.0552 e. The van der Waals surface area contributed by atoms with Crippen molar-refractivity contribution in [1.29, 1.82) is 0 Å². The third-order valence-electron chi connectivity index (χ3n) is 4.08. The molecule has 2 N–H and O–H groups in total. The third-order valence-corrected chi connectivity index (χ3v) is 4.32. The summed E-state index contributed by atoms with van der Waals surface area (Å²) < 4.78 is 0. The molecule has 3 rings (SSSR count). The quantitative estimate of drug-likeness (QED) is 0.864. The molecule has 0 spiro atoms. The van der Waals surface area contributed by atoms with E-state index in [1.54, 1.807) is 0 Å². The lowest BCUT2D eigenvalue weighted by Gasteiger charge is -2.26. The molecule has 0 aliphatic heterocycles. The van der Waals surface area contributed by atoms with Crippen molar-refractivity contribution in [3.8, 4) is 0 Å². The van der Waals surface area contributed by atoms with Gasteiger partial charge in [0, 0.05) is 5.02 Å². The van der Waals surface area contributed by atoms with Crippen molar-refractivity contribution in [2.24, 2.45) is 5.73 Å². The molecule has 0 saturated heterocycles. The van der Waals surface area contributed by atoms with Crippen LogP contribution in [0.3, 0.4) is 0 Å². The van der Waals surface area contributed by atoms with Crippen molar-refractivity contribution in [3.63, 3.8) is 0 Å². The zero-order valence-corrected chi connectivity index (χ0v) is 11.6. The van der Waals surface area contributed by atoms with Crippen LogP contribution in [0.15, 0.2) is 48.5 Å². The van der Waals surface area contributed by atoms with Gasteiger partial charge in [-0.1, -0.05) is 54.4 Å². The van der Waals surface area contributed by atoms with E-state index in [4.69, 9.17) is 17.3 Å². The van der Waals surface area contributed by atoms with E-state index in [0.717, 1.165) is 22.1 Å². The third kappa shape index (κ3) is 2.68. The van der Waals surface area contributed by atoms with Gasteiger partial charge < -0.3 is 5.73 Å². The fraction of sp³-hybridized carbons (Fsp3) is 0.294. The van der Waals surface area contributed by atoms with Crippen LogP contribution in [-0.2, 0) is 0 Å². The van der Waals surface area contributed by atoms with Gasteiger partial charge in [0.15, 0.2) is 0 Å². The highest BCUT2D eigenvalue weighted by Gasteiger charge is 2.19. The van der Waals surface area contributed by atoms with Gasteiger partial charge in [-0.15, -0.1) is 0 Å². The molecule has 1 fully saturated rings. The molecule has 2 aromatic carbocycles. The smallest absolute Gasteiger partial charge is 0.0552 e. The van der Waals surface area contributed by atoms with E-state index in [-0.39, 0.29) is 6.04 Å². The Labute approximate surface area is 119 Å². The molecule has 0 bridgehead atoms. The van der Waals surface area contributed by atoms with Gasteiger partial charge in [-0.05, 0) is 47.6 Å². The fourth-order valence-corrected chi connectivity index (χ4v) is 2.81. The summed E-state index contributed by atoms with van der Waals surface area (Å²) in [5.74, 6) is 0.774. The van der Waals surface area contributed by atoms with E-state index in [9.17, 15) is 0 Å². The summed E-state index contributed by atoms with van der Waals surface area (Å²) in [6.07, 6.45) is 4.04. The molecule has 1 nitrogen and oxygen atoms in total. The predicted molar refractivity (Wildman–Crippen MR) is 80.5 cm³/mol. The van der Waals surface area contributed by atoms with E-state index >= 15 is 0 Å². The van der Waals surface area contributed by atoms with Crippen LogP contribution in [0.25, 0.3) is 0 Å². The second kappa shape index (κ2) is 5.36. The molecule has 1 saturated carbocycles. The van der Waals surface area contributed by atoms with Crippen LogP contribution in [0.2, 0.25) is 5.02 Å². The lowest BCUT2D eigenvalue weighted by Crippen LogP contribution is -2.13. The standard InChI is InChI=1S/C17H18ClN/c18-16-6-2-5-15(11-16)17(19)14-9-7-13(8-10-14)12-3-1-4-12/h2,5-12,17H,1,3-4,19H2. The molecule has 0 radical (unpaired) electrons. The van der Waals surface area contributed by atoms with Crippen LogP contribution in [-0.4, -0.2) is 0 Å². The van der Waals surface area contributed by atoms with Crippen LogP contribution in [0.5, 0.6) is 0 Å². The van der Waals surface area contributed by atoms with Crippen molar-refractivity contribution in [1.82, 2.24) is 0 Å². The molecule has 1 atom stereocenters. The largest absolute Gasteiger partial charge is 0.320 e. The topological polar surface area (TPSA) is 26.0 Å². The van der Waals surface area contributed by atoms with E-state index in [1.807, 2.05) is 24.3 Å². The first kappa shape index (κ1) is 12.7. The molecule has 98 valence electrons. The number of benzene rings is 2. The molecule has 1 aliphatic rings. The molecular formula is C17H18ClN. The molecule has 1 unspecified atom stereocenters. The van der Waals surface area contributed by atoms with Crippen LogP contribution in [0, 0.1) is 0 Å². The van der Waals surface area contributed by atoms with E-state index in [1.165, 1.54) is 24.8 Å². The molecule has 0 aromatic heterocycles. The van der Waals surface area contributed by atoms with Crippen molar-refractivity contribution in [2.75, 3.05) is 0 Å². The van der Waals surface area contributed by atoms with Crippen LogP contribution < -0.4 is 5.73 Å². The normalized spacial score (nSPS) is 16.9. The fourth-order valence-electron chi connectivity index (χ4n) is 2.61. The summed E-state index contributed by atoms with van der Waals surface area (Å²) in [6.45, 7) is 0. The Morgan fingerprint density at radius 1 is 1.00 bits per heavy atom. The lowest BCUT2D eigenvalue weighted by molar-refractivity contribution is 0.419. The van der Waals surface area contributed by atoms with E-state index < -0.39 is 0 Å². The van der Waals surface area contributed by atoms with Gasteiger partial charge in [-0.2, -0.15) is 0 Å². The van der Waals surface area contributed by atoms with Crippen molar-refractivity contribution < 1.29 is 0 Å². The molecule has 0 amide bonds. The molecular weight excluding hydrogens is 254 g/mol. The van der Waals surface area contributed by atoms with Gasteiger partial charge in [-0.25, -0.2) is 0 Å². The molecule has 2 aromatic rings. The maximum atomic E-state index is 6.30. The Hall–Kier alpha value is -1.31. The number of rotatable bonds is 3. The van der Waals surface area contributed by atoms with Gasteiger partial charge in [0.25, 0.3) is 0 Å². The average molecular weight is 272 g/mol. The number of halogens is 1. The highest BCUT2D eigenvalue weighted by molar-refractivity contribution is 6.30. The summed E-state index contributed by atoms with van der Waals surface area (Å²) in [5.41, 5.74) is 9.95. The highest BCUT2D eigenvalue weighted by Crippen LogP contribution is 2.36. The molecule has 2 heteroatoms. The Bertz CT molecular complexity index is 558. The second-order valence-corrected chi connectivity index (χ2v) is 5.76. The maximum absolute atomic E-state index is 6.30. The van der Waals surface area contributed by atoms with Gasteiger partial charge in [0.05, 0.1) is 6.04 Å². The van der Waals surface area contributed by atoms with Gasteiger partial charge in [0.2, 0.25) is 0 Å². The summed E-state index contributed by atoms with van der Waals surface area (Å²) in [7, 11) is 0. The van der Waals surface area contributed by atoms with Gasteiger partial charge >= 0.3 is 0 Å². The first-order valence-corrected chi connectivity index (χ1v) is 7.23. The Morgan fingerprint density at radius 3 is 2.32 bits per heavy atom. The Morgan fingerprint density at radius 2 is 1.74 bits per heavy atom. The number of hydrogen-bond acceptors (Lipinski definition) is 1. The number of hydrogen-bond donors (Lipinski definition) is 1. The van der Waals surface area contributed by atoms with Crippen LogP contribution in [0.1, 0.15) is 47.9 Å². The first-order valence-electron chi connectivity index (χ1n) is 6.85. The average Bonchev–Trinajstić information content (AvgIpc) is 2.37. The Kier molecular flexibility index (Phi) is 3.58. The van der Waals surface area contributed by atoms with Crippen LogP contribution >= 0.6 is 11.6 Å². The van der Waals surface area contributed by atoms with E-state index in [2.05, 4.69) is 24.3 Å². The molecule has 0 heterocycles. The monoisotopic (exact) mass is 271 g/mol. The zero-order chi connectivity index (χ0) is 13.2. The lowest BCUT2D eigenvalue weighted by atomic mass is 9.79. The van der Waals surface area contributed by atoms with Gasteiger partial charge in [-0.3, -0.25) is 0 Å². The summed E-state index contributed by atoms with van der Waals surface area (Å²) in [6, 6.07) is 16.4. The van der Waals surface area contributed by atoms with Crippen molar-refractivity contribution in [3.05, 3.63) is 70.2 Å². The minimum Gasteiger partial charge on any atom is -0.320 e. The summed E-state index contributed by atoms with van der Waals surface area (Å²) in [4.78, 5) is 0. The second-order valence-electron chi connectivity index (χ2n) is 5.33. The molecule has 1 aliphatic carbocycles. The number of nitrogens with two attached hydrogens (primary N) is 1. The zero-order valence-electron chi connectivity index (χ0n) is 10.9. The SMILES string of the molecule is NC(c1ccc(C2CCC2)cc1)c1cccc(Cl)c1. The van der Waals surface area contributed by atoms with Gasteiger partial charge in [0.1, 0.15) is 0 Å². The van der Waals surface area contributed by atoms with Crippen molar-refractivity contribution >= 4 is 11.6 Å². The Balaban J connectivity index is 1.81. The summed E-state index contributed by atoms with van der Waals surface area (Å²) >= 11 is 6.01. The van der Waals surface area contributed by atoms with E-state index in [0.29, 0.717) is 0 Å². The highest BCUT2D eigenvalue weighted by atomic mass is 35.5. The minimum atomic E-state index is -0.103. The van der Waals surface area contributed by atoms with Crippen LogP contribution in [0.4, 0.5) is 0 Å². The summed E-state index contributed by atoms with van der Waals surface area (Å²) in [5, 5.41) is 0.735. The first-order chi connectivity index (χ1) is 9.24. The predicted octanol–water partition coefficient (Wildman–Crippen LogP) is 4.66. The molecule has 19 heavy (non-hydrogen) atoms. The minimum absolute atomic E-state index is 0.103.